The van der Waals surface area contributed by atoms with Gasteiger partial charge in [0.15, 0.2) is 0 Å². The van der Waals surface area contributed by atoms with Crippen LogP contribution in [0.4, 0.5) is 5.69 Å². The number of hydrogen-bond donors (Lipinski definition) is 1. The maximum Gasteiger partial charge on any atom is 0.255 e. The predicted molar refractivity (Wildman–Crippen MR) is 67.5 cm³/mol. The highest BCUT2D eigenvalue weighted by Gasteiger charge is 2.28. The van der Waals surface area contributed by atoms with Gasteiger partial charge in [-0.1, -0.05) is 13.8 Å². The molecule has 0 aromatic carbocycles. The highest BCUT2D eigenvalue weighted by molar-refractivity contribution is 5.94. The van der Waals surface area contributed by atoms with Crippen LogP contribution in [0.2, 0.25) is 0 Å². The minimum Gasteiger partial charge on any atom is -0.397 e. The first-order chi connectivity index (χ1) is 8.08. The summed E-state index contributed by atoms with van der Waals surface area (Å²) in [5, 5.41) is 0. The maximum atomic E-state index is 12.2. The molecule has 2 rings (SSSR count). The fraction of sp³-hybridized carbons (Fsp3) is 0.538. The standard InChI is InChI=1S/C13H19N3O/c1-9(2)10-3-4-16(8-10)13(17)11-5-12(14)7-15-6-11/h5-7,9-10H,3-4,8,14H2,1-2H3. The van der Waals surface area contributed by atoms with Crippen LogP contribution in [0.15, 0.2) is 18.5 Å². The lowest BCUT2D eigenvalue weighted by Crippen LogP contribution is -2.29. The SMILES string of the molecule is CC(C)C1CCN(C(=O)c2cncc(N)c2)C1. The Labute approximate surface area is 102 Å². The van der Waals surface area contributed by atoms with Gasteiger partial charge in [0.2, 0.25) is 0 Å². The number of nitrogens with zero attached hydrogens (tertiary/aromatic N) is 2. The monoisotopic (exact) mass is 233 g/mol. The zero-order valence-corrected chi connectivity index (χ0v) is 10.4. The molecule has 0 radical (unpaired) electrons. The first-order valence-corrected chi connectivity index (χ1v) is 6.07. The van der Waals surface area contributed by atoms with E-state index in [1.165, 1.54) is 0 Å². The molecule has 1 atom stereocenters. The van der Waals surface area contributed by atoms with E-state index in [2.05, 4.69) is 18.8 Å². The fourth-order valence-electron chi connectivity index (χ4n) is 2.27. The van der Waals surface area contributed by atoms with E-state index in [-0.39, 0.29) is 5.91 Å². The Bertz CT molecular complexity index is 417. The minimum absolute atomic E-state index is 0.0490. The molecule has 1 aromatic heterocycles. The van der Waals surface area contributed by atoms with Crippen LogP contribution in [-0.4, -0.2) is 28.9 Å². The molecular formula is C13H19N3O. The molecule has 92 valence electrons. The third kappa shape index (κ3) is 2.57. The van der Waals surface area contributed by atoms with Crippen LogP contribution in [0.3, 0.4) is 0 Å². The van der Waals surface area contributed by atoms with Crippen molar-refractivity contribution in [3.63, 3.8) is 0 Å². The largest absolute Gasteiger partial charge is 0.397 e. The fourth-order valence-corrected chi connectivity index (χ4v) is 2.27. The molecule has 0 spiro atoms. The zero-order chi connectivity index (χ0) is 12.4. The van der Waals surface area contributed by atoms with Crippen molar-refractivity contribution in [2.24, 2.45) is 11.8 Å². The molecule has 4 heteroatoms. The van der Waals surface area contributed by atoms with Crippen molar-refractivity contribution in [1.29, 1.82) is 0 Å². The molecule has 1 aliphatic heterocycles. The number of hydrogen-bond acceptors (Lipinski definition) is 3. The van der Waals surface area contributed by atoms with E-state index in [4.69, 9.17) is 5.73 Å². The van der Waals surface area contributed by atoms with Crippen molar-refractivity contribution >= 4 is 11.6 Å². The molecule has 2 N–H and O–H groups in total. The molecule has 0 saturated carbocycles. The van der Waals surface area contributed by atoms with Gasteiger partial charge in [0.25, 0.3) is 5.91 Å². The lowest BCUT2D eigenvalue weighted by Gasteiger charge is -2.18. The number of likely N-dealkylation sites (tertiary alicyclic amines) is 1. The summed E-state index contributed by atoms with van der Waals surface area (Å²) in [4.78, 5) is 18.1. The smallest absolute Gasteiger partial charge is 0.255 e. The van der Waals surface area contributed by atoms with E-state index in [0.29, 0.717) is 23.1 Å². The van der Waals surface area contributed by atoms with E-state index in [1.807, 2.05) is 4.90 Å². The molecule has 0 aliphatic carbocycles. The van der Waals surface area contributed by atoms with Crippen molar-refractivity contribution in [3.05, 3.63) is 24.0 Å². The van der Waals surface area contributed by atoms with Gasteiger partial charge in [0.05, 0.1) is 11.3 Å². The summed E-state index contributed by atoms with van der Waals surface area (Å²) in [6, 6.07) is 1.69. The van der Waals surface area contributed by atoms with Gasteiger partial charge in [0.1, 0.15) is 0 Å². The van der Waals surface area contributed by atoms with Gasteiger partial charge in [-0.05, 0) is 24.3 Å². The first-order valence-electron chi connectivity index (χ1n) is 6.07. The predicted octanol–water partition coefficient (Wildman–Crippen LogP) is 1.78. The maximum absolute atomic E-state index is 12.2. The summed E-state index contributed by atoms with van der Waals surface area (Å²) in [5.74, 6) is 1.30. The van der Waals surface area contributed by atoms with Gasteiger partial charge in [-0.15, -0.1) is 0 Å². The topological polar surface area (TPSA) is 59.2 Å². The Morgan fingerprint density at radius 2 is 2.29 bits per heavy atom. The Balaban J connectivity index is 2.07. The Hall–Kier alpha value is -1.58. The van der Waals surface area contributed by atoms with Crippen LogP contribution in [0, 0.1) is 11.8 Å². The average Bonchev–Trinajstić information content (AvgIpc) is 2.77. The lowest BCUT2D eigenvalue weighted by atomic mass is 9.95. The number of nitrogens with two attached hydrogens (primary N) is 1. The Kier molecular flexibility index (Phi) is 3.31. The Morgan fingerprint density at radius 1 is 1.53 bits per heavy atom. The summed E-state index contributed by atoms with van der Waals surface area (Å²) < 4.78 is 0. The van der Waals surface area contributed by atoms with Crippen LogP contribution >= 0.6 is 0 Å². The molecular weight excluding hydrogens is 214 g/mol. The van der Waals surface area contributed by atoms with Gasteiger partial charge in [-0.2, -0.15) is 0 Å². The number of carbonyl (C=O) groups is 1. The number of pyridine rings is 1. The quantitative estimate of drug-likeness (QED) is 0.847. The van der Waals surface area contributed by atoms with Crippen LogP contribution in [0.25, 0.3) is 0 Å². The molecule has 0 bridgehead atoms. The second-order valence-corrected chi connectivity index (χ2v) is 5.05. The molecule has 1 aliphatic rings. The van der Waals surface area contributed by atoms with Gasteiger partial charge in [-0.3, -0.25) is 9.78 Å². The van der Waals surface area contributed by atoms with Crippen molar-refractivity contribution in [2.75, 3.05) is 18.8 Å². The number of aromatic nitrogens is 1. The summed E-state index contributed by atoms with van der Waals surface area (Å²) >= 11 is 0. The van der Waals surface area contributed by atoms with Crippen molar-refractivity contribution < 1.29 is 4.79 Å². The molecule has 1 amide bonds. The van der Waals surface area contributed by atoms with E-state index in [0.717, 1.165) is 19.5 Å². The zero-order valence-electron chi connectivity index (χ0n) is 10.4. The number of nitrogen functional groups attached to an aromatic ring is 1. The van der Waals surface area contributed by atoms with Crippen molar-refractivity contribution in [3.8, 4) is 0 Å². The number of rotatable bonds is 2. The van der Waals surface area contributed by atoms with Gasteiger partial charge < -0.3 is 10.6 Å². The summed E-state index contributed by atoms with van der Waals surface area (Å²) in [7, 11) is 0. The average molecular weight is 233 g/mol. The lowest BCUT2D eigenvalue weighted by molar-refractivity contribution is 0.0783. The van der Waals surface area contributed by atoms with Crippen molar-refractivity contribution in [2.45, 2.75) is 20.3 Å². The molecule has 17 heavy (non-hydrogen) atoms. The van der Waals surface area contributed by atoms with E-state index in [1.54, 1.807) is 18.5 Å². The van der Waals surface area contributed by atoms with E-state index < -0.39 is 0 Å². The van der Waals surface area contributed by atoms with Crippen LogP contribution in [-0.2, 0) is 0 Å². The van der Waals surface area contributed by atoms with Crippen molar-refractivity contribution in [1.82, 2.24) is 9.88 Å². The summed E-state index contributed by atoms with van der Waals surface area (Å²) in [6.45, 7) is 6.11. The van der Waals surface area contributed by atoms with Gasteiger partial charge in [0, 0.05) is 25.5 Å². The molecule has 1 fully saturated rings. The normalized spacial score (nSPS) is 19.9. The third-order valence-electron chi connectivity index (χ3n) is 3.46. The minimum atomic E-state index is 0.0490. The molecule has 1 aromatic rings. The van der Waals surface area contributed by atoms with Crippen LogP contribution in [0.1, 0.15) is 30.6 Å². The number of amides is 1. The van der Waals surface area contributed by atoms with Crippen LogP contribution < -0.4 is 5.73 Å². The molecule has 2 heterocycles. The molecule has 1 saturated heterocycles. The second kappa shape index (κ2) is 4.73. The van der Waals surface area contributed by atoms with Gasteiger partial charge in [-0.25, -0.2) is 0 Å². The third-order valence-corrected chi connectivity index (χ3v) is 3.46. The summed E-state index contributed by atoms with van der Waals surface area (Å²) in [6.07, 6.45) is 4.23. The van der Waals surface area contributed by atoms with E-state index >= 15 is 0 Å². The van der Waals surface area contributed by atoms with Crippen LogP contribution in [0.5, 0.6) is 0 Å². The highest BCUT2D eigenvalue weighted by Crippen LogP contribution is 2.24. The second-order valence-electron chi connectivity index (χ2n) is 5.05. The summed E-state index contributed by atoms with van der Waals surface area (Å²) in [5.41, 5.74) is 6.77. The van der Waals surface area contributed by atoms with Gasteiger partial charge >= 0.3 is 0 Å². The highest BCUT2D eigenvalue weighted by atomic mass is 16.2. The molecule has 1 unspecified atom stereocenters. The van der Waals surface area contributed by atoms with E-state index in [9.17, 15) is 4.79 Å². The first kappa shape index (κ1) is 11.9. The number of carbonyl (C=O) groups excluding carboxylic acids is 1. The molecule has 4 nitrogen and oxygen atoms in total. The Morgan fingerprint density at radius 3 is 2.88 bits per heavy atom. The number of anilines is 1.